The predicted octanol–water partition coefficient (Wildman–Crippen LogP) is 4.56. The minimum absolute atomic E-state index is 0.0388. The summed E-state index contributed by atoms with van der Waals surface area (Å²) >= 11 is 0. The molecule has 0 N–H and O–H groups in total. The SMILES string of the molecule is CCOP(=O)(OCC)N1CC(c2ccccc2)(c2ccccc2)OC1=O. The zero-order valence-electron chi connectivity index (χ0n) is 14.8. The van der Waals surface area contributed by atoms with Crippen molar-refractivity contribution in [2.24, 2.45) is 0 Å². The van der Waals surface area contributed by atoms with E-state index in [4.69, 9.17) is 13.8 Å². The molecule has 0 bridgehead atoms. The van der Waals surface area contributed by atoms with Gasteiger partial charge in [0.05, 0.1) is 19.8 Å². The van der Waals surface area contributed by atoms with Crippen molar-refractivity contribution >= 4 is 13.8 Å². The minimum atomic E-state index is -3.79. The molecule has 2 aromatic carbocycles. The molecule has 1 aliphatic heterocycles. The van der Waals surface area contributed by atoms with E-state index in [-0.39, 0.29) is 19.8 Å². The molecule has 3 rings (SSSR count). The van der Waals surface area contributed by atoms with Crippen LogP contribution in [0.15, 0.2) is 60.7 Å². The Kier molecular flexibility index (Phi) is 5.47. The van der Waals surface area contributed by atoms with Crippen LogP contribution in [0, 0.1) is 0 Å². The van der Waals surface area contributed by atoms with Crippen molar-refractivity contribution in [3.63, 3.8) is 0 Å². The largest absolute Gasteiger partial charge is 0.440 e. The summed E-state index contributed by atoms with van der Waals surface area (Å²) in [6.07, 6.45) is -0.720. The van der Waals surface area contributed by atoms with E-state index in [1.165, 1.54) is 0 Å². The van der Waals surface area contributed by atoms with Crippen LogP contribution in [0.5, 0.6) is 0 Å². The second-order valence-corrected chi connectivity index (χ2v) is 7.73. The third-order valence-corrected chi connectivity index (χ3v) is 6.27. The smallest absolute Gasteiger partial charge is 0.431 e. The van der Waals surface area contributed by atoms with Gasteiger partial charge in [-0.3, -0.25) is 9.05 Å². The number of nitrogens with zero attached hydrogens (tertiary/aromatic N) is 1. The molecule has 0 radical (unpaired) electrons. The van der Waals surface area contributed by atoms with Crippen LogP contribution >= 0.6 is 7.75 Å². The molecule has 0 atom stereocenters. The van der Waals surface area contributed by atoms with Gasteiger partial charge >= 0.3 is 13.8 Å². The van der Waals surface area contributed by atoms with Crippen LogP contribution in [0.25, 0.3) is 0 Å². The van der Waals surface area contributed by atoms with E-state index in [9.17, 15) is 9.36 Å². The maximum atomic E-state index is 13.2. The Morgan fingerprint density at radius 1 is 0.962 bits per heavy atom. The molecule has 7 heteroatoms. The monoisotopic (exact) mass is 375 g/mol. The lowest BCUT2D eigenvalue weighted by Gasteiger charge is -2.29. The number of hydrogen-bond acceptors (Lipinski definition) is 5. The normalized spacial score (nSPS) is 16.5. The van der Waals surface area contributed by atoms with Crippen LogP contribution in [0.2, 0.25) is 0 Å². The van der Waals surface area contributed by atoms with Gasteiger partial charge in [0.15, 0.2) is 5.60 Å². The molecule has 0 spiro atoms. The summed E-state index contributed by atoms with van der Waals surface area (Å²) in [7, 11) is -3.79. The van der Waals surface area contributed by atoms with Crippen molar-refractivity contribution in [1.29, 1.82) is 0 Å². The van der Waals surface area contributed by atoms with Gasteiger partial charge in [0.2, 0.25) is 0 Å². The number of cyclic esters (lactones) is 1. The van der Waals surface area contributed by atoms with Crippen LogP contribution in [0.1, 0.15) is 25.0 Å². The number of carbonyl (C=O) groups excluding carboxylic acids is 1. The van der Waals surface area contributed by atoms with Crippen LogP contribution in [-0.2, 0) is 24.0 Å². The highest BCUT2D eigenvalue weighted by atomic mass is 31.2. The molecule has 0 aliphatic carbocycles. The maximum absolute atomic E-state index is 13.2. The first-order chi connectivity index (χ1) is 12.6. The van der Waals surface area contributed by atoms with Crippen molar-refractivity contribution in [3.05, 3.63) is 71.8 Å². The van der Waals surface area contributed by atoms with E-state index in [0.29, 0.717) is 0 Å². The van der Waals surface area contributed by atoms with E-state index in [2.05, 4.69) is 0 Å². The van der Waals surface area contributed by atoms with Gasteiger partial charge < -0.3 is 4.74 Å². The topological polar surface area (TPSA) is 65.1 Å². The van der Waals surface area contributed by atoms with Gasteiger partial charge in [0.25, 0.3) is 0 Å². The zero-order chi connectivity index (χ0) is 18.6. The first-order valence-corrected chi connectivity index (χ1v) is 10.1. The lowest BCUT2D eigenvalue weighted by atomic mass is 9.86. The van der Waals surface area contributed by atoms with Crippen molar-refractivity contribution < 1.29 is 23.1 Å². The summed E-state index contributed by atoms with van der Waals surface area (Å²) < 4.78 is 30.8. The van der Waals surface area contributed by atoms with Crippen LogP contribution in [0.3, 0.4) is 0 Å². The number of hydrogen-bond donors (Lipinski definition) is 0. The third-order valence-electron chi connectivity index (χ3n) is 4.21. The summed E-state index contributed by atoms with van der Waals surface area (Å²) in [5.41, 5.74) is 0.506. The van der Waals surface area contributed by atoms with Gasteiger partial charge in [0.1, 0.15) is 0 Å². The molecule has 0 saturated carbocycles. The van der Waals surface area contributed by atoms with Crippen molar-refractivity contribution in [2.75, 3.05) is 19.8 Å². The fourth-order valence-electron chi connectivity index (χ4n) is 3.08. The zero-order valence-corrected chi connectivity index (χ0v) is 15.7. The van der Waals surface area contributed by atoms with Crippen LogP contribution < -0.4 is 0 Å². The first kappa shape index (κ1) is 18.6. The molecular formula is C19H22NO5P. The summed E-state index contributed by atoms with van der Waals surface area (Å²) in [6, 6.07) is 18.8. The van der Waals surface area contributed by atoms with Crippen molar-refractivity contribution in [3.8, 4) is 0 Å². The average molecular weight is 375 g/mol. The molecule has 2 aromatic rings. The van der Waals surface area contributed by atoms with Crippen LogP contribution in [-0.4, -0.2) is 30.5 Å². The highest BCUT2D eigenvalue weighted by Gasteiger charge is 2.54. The molecule has 0 unspecified atom stereocenters. The Morgan fingerprint density at radius 3 is 1.85 bits per heavy atom. The Morgan fingerprint density at radius 2 is 1.42 bits per heavy atom. The minimum Gasteiger partial charge on any atom is -0.431 e. The summed E-state index contributed by atoms with van der Waals surface area (Å²) in [5, 5.41) is 0. The lowest BCUT2D eigenvalue weighted by Crippen LogP contribution is -2.33. The maximum Gasteiger partial charge on any atom is 0.440 e. The Bertz CT molecular complexity index is 747. The third kappa shape index (κ3) is 3.28. The lowest BCUT2D eigenvalue weighted by molar-refractivity contribution is 0.0862. The summed E-state index contributed by atoms with van der Waals surface area (Å²) in [6.45, 7) is 3.76. The molecule has 26 heavy (non-hydrogen) atoms. The van der Waals surface area contributed by atoms with Gasteiger partial charge in [-0.25, -0.2) is 14.0 Å². The van der Waals surface area contributed by atoms with Gasteiger partial charge in [0, 0.05) is 11.1 Å². The Hall–Kier alpha value is -2.14. The van der Waals surface area contributed by atoms with E-state index in [1.54, 1.807) is 13.8 Å². The number of benzene rings is 2. The van der Waals surface area contributed by atoms with Gasteiger partial charge in [-0.1, -0.05) is 60.7 Å². The quantitative estimate of drug-likeness (QED) is 0.664. The molecule has 1 heterocycles. The molecular weight excluding hydrogens is 353 g/mol. The fraction of sp³-hybridized carbons (Fsp3) is 0.316. The first-order valence-electron chi connectivity index (χ1n) is 8.57. The molecule has 6 nitrogen and oxygen atoms in total. The number of ether oxygens (including phenoxy) is 1. The van der Waals surface area contributed by atoms with E-state index in [0.717, 1.165) is 15.8 Å². The Balaban J connectivity index is 2.08. The van der Waals surface area contributed by atoms with E-state index in [1.807, 2.05) is 60.7 Å². The molecule has 0 aromatic heterocycles. The number of amides is 1. The molecule has 1 fully saturated rings. The van der Waals surface area contributed by atoms with E-state index >= 15 is 0 Å². The average Bonchev–Trinajstić information content (AvgIpc) is 3.03. The molecule has 1 saturated heterocycles. The van der Waals surface area contributed by atoms with Crippen LogP contribution in [0.4, 0.5) is 4.79 Å². The second kappa shape index (κ2) is 7.62. The number of carbonyl (C=O) groups is 1. The van der Waals surface area contributed by atoms with Crippen molar-refractivity contribution in [1.82, 2.24) is 4.67 Å². The molecule has 1 aliphatic rings. The van der Waals surface area contributed by atoms with Gasteiger partial charge in [-0.15, -0.1) is 0 Å². The van der Waals surface area contributed by atoms with E-state index < -0.39 is 19.4 Å². The molecule has 138 valence electrons. The molecule has 1 amide bonds. The summed E-state index contributed by atoms with van der Waals surface area (Å²) in [4.78, 5) is 12.7. The summed E-state index contributed by atoms with van der Waals surface area (Å²) in [5.74, 6) is 0. The Labute approximate surface area is 153 Å². The second-order valence-electron chi connectivity index (χ2n) is 5.79. The number of rotatable bonds is 7. The highest BCUT2D eigenvalue weighted by Crippen LogP contribution is 2.57. The van der Waals surface area contributed by atoms with Gasteiger partial charge in [-0.2, -0.15) is 0 Å². The fourth-order valence-corrected chi connectivity index (χ4v) is 4.70. The van der Waals surface area contributed by atoms with Gasteiger partial charge in [-0.05, 0) is 13.8 Å². The highest BCUT2D eigenvalue weighted by molar-refractivity contribution is 7.52. The standard InChI is InChI=1S/C19H22NO5P/c1-3-23-26(22,24-4-2)20-15-19(25-18(20)21,16-11-7-5-8-12-16)17-13-9-6-10-14-17/h5-14H,3-4,15H2,1-2H3. The predicted molar refractivity (Wildman–Crippen MR) is 97.7 cm³/mol. The van der Waals surface area contributed by atoms with Crippen molar-refractivity contribution in [2.45, 2.75) is 19.4 Å².